The predicted molar refractivity (Wildman–Crippen MR) is 82.7 cm³/mol. The molecule has 1 aromatic carbocycles. The normalized spacial score (nSPS) is 13.5. The van der Waals surface area contributed by atoms with Gasteiger partial charge in [0.25, 0.3) is 0 Å². The fraction of sp³-hybridized carbons (Fsp3) is 0.467. The summed E-state index contributed by atoms with van der Waals surface area (Å²) < 4.78 is 60.8. The van der Waals surface area contributed by atoms with Crippen LogP contribution in [0, 0.1) is 0 Å². The fourth-order valence-corrected chi connectivity index (χ4v) is 2.99. The van der Waals surface area contributed by atoms with E-state index in [1.165, 1.54) is 38.1 Å². The van der Waals surface area contributed by atoms with Gasteiger partial charge in [-0.3, -0.25) is 4.79 Å². The van der Waals surface area contributed by atoms with E-state index in [-0.39, 0.29) is 11.3 Å². The average Bonchev–Trinajstić information content (AvgIpc) is 2.45. The largest absolute Gasteiger partial charge is 0.480 e. The lowest BCUT2D eigenvalue weighted by atomic mass is 10.1. The third kappa shape index (κ3) is 6.37. The van der Waals surface area contributed by atoms with Crippen LogP contribution in [0.4, 0.5) is 13.2 Å². The number of carboxylic acid groups (broad SMARTS) is 1. The van der Waals surface area contributed by atoms with E-state index in [1.54, 1.807) is 0 Å². The number of nitrogens with one attached hydrogen (secondary N) is 1. The van der Waals surface area contributed by atoms with E-state index in [2.05, 4.69) is 0 Å². The average molecular weight is 381 g/mol. The number of rotatable bonds is 7. The summed E-state index contributed by atoms with van der Waals surface area (Å²) in [5, 5.41) is 9.93. The van der Waals surface area contributed by atoms with Gasteiger partial charge in [0.1, 0.15) is 6.04 Å². The highest BCUT2D eigenvalue weighted by molar-refractivity contribution is 7.92. The minimum atomic E-state index is -4.73. The van der Waals surface area contributed by atoms with Crippen LogP contribution in [-0.2, 0) is 25.8 Å². The Kier molecular flexibility index (Phi) is 6.58. The Bertz CT molecular complexity index is 727. The van der Waals surface area contributed by atoms with Crippen molar-refractivity contribution < 1.29 is 36.3 Å². The number of benzene rings is 1. The molecule has 25 heavy (non-hydrogen) atoms. The molecule has 0 aliphatic heterocycles. The molecular formula is C15H18F3NO5S. The summed E-state index contributed by atoms with van der Waals surface area (Å²) in [7, 11) is -3.48. The minimum Gasteiger partial charge on any atom is -0.480 e. The van der Waals surface area contributed by atoms with Gasteiger partial charge in [-0.1, -0.05) is 12.1 Å². The molecule has 0 bridgehead atoms. The summed E-state index contributed by atoms with van der Waals surface area (Å²) in [6.07, 6.45) is -6.79. The van der Waals surface area contributed by atoms with Crippen LogP contribution in [0.1, 0.15) is 25.8 Å². The number of carbonyl (C=O) groups excluding carboxylic acids is 1. The molecule has 0 aliphatic rings. The maximum atomic E-state index is 12.3. The molecular weight excluding hydrogens is 363 g/mol. The van der Waals surface area contributed by atoms with Crippen LogP contribution in [0.5, 0.6) is 0 Å². The van der Waals surface area contributed by atoms with Crippen molar-refractivity contribution in [2.45, 2.75) is 49.1 Å². The number of halogens is 3. The van der Waals surface area contributed by atoms with Gasteiger partial charge in [-0.15, -0.1) is 0 Å². The Morgan fingerprint density at radius 2 is 1.68 bits per heavy atom. The van der Waals surface area contributed by atoms with Crippen LogP contribution < -0.4 is 5.32 Å². The van der Waals surface area contributed by atoms with Crippen LogP contribution in [0.2, 0.25) is 0 Å². The molecule has 140 valence electrons. The molecule has 1 rings (SSSR count). The molecule has 1 aromatic rings. The van der Waals surface area contributed by atoms with Crippen LogP contribution in [0.3, 0.4) is 0 Å². The Morgan fingerprint density at radius 1 is 1.16 bits per heavy atom. The van der Waals surface area contributed by atoms with Crippen LogP contribution in [0.15, 0.2) is 29.2 Å². The number of carbonyl (C=O) groups is 2. The predicted octanol–water partition coefficient (Wildman–Crippen LogP) is 1.93. The van der Waals surface area contributed by atoms with Crippen molar-refractivity contribution in [3.8, 4) is 0 Å². The summed E-state index contributed by atoms with van der Waals surface area (Å²) in [5.41, 5.74) is 0.344. The van der Waals surface area contributed by atoms with Crippen molar-refractivity contribution in [3.05, 3.63) is 29.8 Å². The van der Waals surface area contributed by atoms with Gasteiger partial charge in [0.15, 0.2) is 9.84 Å². The molecule has 0 heterocycles. The lowest BCUT2D eigenvalue weighted by Crippen LogP contribution is -2.44. The summed E-state index contributed by atoms with van der Waals surface area (Å²) in [4.78, 5) is 22.6. The highest BCUT2D eigenvalue weighted by Gasteiger charge is 2.36. The van der Waals surface area contributed by atoms with E-state index in [1.807, 2.05) is 5.32 Å². The van der Waals surface area contributed by atoms with Crippen molar-refractivity contribution in [2.24, 2.45) is 0 Å². The first-order chi connectivity index (χ1) is 11.3. The first-order valence-electron chi connectivity index (χ1n) is 7.24. The number of aliphatic carboxylic acids is 1. The van der Waals surface area contributed by atoms with Crippen LogP contribution >= 0.6 is 0 Å². The van der Waals surface area contributed by atoms with Gasteiger partial charge in [0.2, 0.25) is 5.91 Å². The molecule has 1 atom stereocenters. The lowest BCUT2D eigenvalue weighted by Gasteiger charge is -2.16. The summed E-state index contributed by atoms with van der Waals surface area (Å²) in [5.74, 6) is -2.69. The first kappa shape index (κ1) is 20.9. The molecule has 0 radical (unpaired) electrons. The van der Waals surface area contributed by atoms with Crippen LogP contribution in [-0.4, -0.2) is 42.9 Å². The highest BCUT2D eigenvalue weighted by Crippen LogP contribution is 2.22. The number of carboxylic acids is 1. The number of hydrogen-bond acceptors (Lipinski definition) is 4. The Labute approximate surface area is 143 Å². The van der Waals surface area contributed by atoms with E-state index < -0.39 is 45.6 Å². The second kappa shape index (κ2) is 7.85. The molecule has 1 unspecified atom stereocenters. The number of amides is 1. The topological polar surface area (TPSA) is 101 Å². The quantitative estimate of drug-likeness (QED) is 0.752. The maximum absolute atomic E-state index is 12.3. The van der Waals surface area contributed by atoms with Crippen molar-refractivity contribution in [3.63, 3.8) is 0 Å². The third-order valence-electron chi connectivity index (χ3n) is 3.31. The van der Waals surface area contributed by atoms with E-state index in [0.29, 0.717) is 5.56 Å². The van der Waals surface area contributed by atoms with Crippen LogP contribution in [0.25, 0.3) is 0 Å². The van der Waals surface area contributed by atoms with E-state index >= 15 is 0 Å². The summed E-state index contributed by atoms with van der Waals surface area (Å²) in [6, 6.07) is 3.22. The van der Waals surface area contributed by atoms with E-state index in [4.69, 9.17) is 5.11 Å². The van der Waals surface area contributed by atoms with Gasteiger partial charge >= 0.3 is 12.1 Å². The molecule has 1 amide bonds. The second-order valence-electron chi connectivity index (χ2n) is 5.69. The summed E-state index contributed by atoms with van der Waals surface area (Å²) in [6.45, 7) is 3.03. The molecule has 10 heteroatoms. The van der Waals surface area contributed by atoms with Gasteiger partial charge < -0.3 is 10.4 Å². The molecule has 6 nitrogen and oxygen atoms in total. The van der Waals surface area contributed by atoms with E-state index in [0.717, 1.165) is 0 Å². The zero-order chi connectivity index (χ0) is 19.4. The Hall–Kier alpha value is -2.10. The first-order valence-corrected chi connectivity index (χ1v) is 8.79. The zero-order valence-corrected chi connectivity index (χ0v) is 14.3. The molecule has 0 saturated carbocycles. The number of sulfone groups is 1. The zero-order valence-electron chi connectivity index (χ0n) is 13.5. The standard InChI is InChI=1S/C15H18F3NO5S/c1-9(2)25(23,24)11-5-3-10(4-6-11)7-13(20)19-12(14(21)22)8-15(16,17)18/h3-6,9,12H,7-8H2,1-2H3,(H,19,20)(H,21,22). The van der Waals surface area contributed by atoms with Gasteiger partial charge in [-0.2, -0.15) is 13.2 Å². The SMILES string of the molecule is CC(C)S(=O)(=O)c1ccc(CC(=O)NC(CC(F)(F)F)C(=O)O)cc1. The minimum absolute atomic E-state index is 0.0622. The molecule has 0 aromatic heterocycles. The molecule has 0 fully saturated rings. The van der Waals surface area contributed by atoms with Gasteiger partial charge in [0, 0.05) is 0 Å². The van der Waals surface area contributed by atoms with Gasteiger partial charge in [-0.05, 0) is 31.5 Å². The Morgan fingerprint density at radius 3 is 2.08 bits per heavy atom. The summed E-state index contributed by atoms with van der Waals surface area (Å²) >= 11 is 0. The maximum Gasteiger partial charge on any atom is 0.391 e. The van der Waals surface area contributed by atoms with Crippen molar-refractivity contribution in [2.75, 3.05) is 0 Å². The number of hydrogen-bond donors (Lipinski definition) is 2. The number of alkyl halides is 3. The lowest BCUT2D eigenvalue weighted by molar-refractivity contribution is -0.159. The molecule has 2 N–H and O–H groups in total. The molecule has 0 saturated heterocycles. The highest BCUT2D eigenvalue weighted by atomic mass is 32.2. The molecule has 0 spiro atoms. The van der Waals surface area contributed by atoms with Gasteiger partial charge in [0.05, 0.1) is 23.0 Å². The third-order valence-corrected chi connectivity index (χ3v) is 5.48. The van der Waals surface area contributed by atoms with Crippen molar-refractivity contribution in [1.82, 2.24) is 5.32 Å². The monoisotopic (exact) mass is 381 g/mol. The smallest absolute Gasteiger partial charge is 0.391 e. The van der Waals surface area contributed by atoms with E-state index in [9.17, 15) is 31.2 Å². The van der Waals surface area contributed by atoms with Crippen molar-refractivity contribution in [1.29, 1.82) is 0 Å². The fourth-order valence-electron chi connectivity index (χ4n) is 1.93. The second-order valence-corrected chi connectivity index (χ2v) is 8.20. The molecule has 0 aliphatic carbocycles. The van der Waals surface area contributed by atoms with Crippen molar-refractivity contribution >= 4 is 21.7 Å². The Balaban J connectivity index is 2.79. The van der Waals surface area contributed by atoms with Gasteiger partial charge in [-0.25, -0.2) is 13.2 Å².